The number of anilines is 1. The van der Waals surface area contributed by atoms with Crippen LogP contribution in [0.3, 0.4) is 0 Å². The third kappa shape index (κ3) is 3.54. The zero-order chi connectivity index (χ0) is 18.4. The molecule has 0 spiro atoms. The highest BCUT2D eigenvalue weighted by atomic mass is 35.5. The van der Waals surface area contributed by atoms with Gasteiger partial charge in [0.1, 0.15) is 5.52 Å². The van der Waals surface area contributed by atoms with Gasteiger partial charge in [-0.1, -0.05) is 38.4 Å². The number of hydrogen-bond acceptors (Lipinski definition) is 3. The van der Waals surface area contributed by atoms with E-state index in [1.54, 1.807) is 12.1 Å². The summed E-state index contributed by atoms with van der Waals surface area (Å²) < 4.78 is 5.94. The first-order chi connectivity index (χ1) is 11.6. The van der Waals surface area contributed by atoms with Gasteiger partial charge in [-0.25, -0.2) is 4.98 Å². The maximum atomic E-state index is 12.2. The number of halogens is 1. The molecule has 0 aliphatic heterocycles. The molecule has 0 aliphatic carbocycles. The van der Waals surface area contributed by atoms with E-state index < -0.39 is 5.41 Å². The van der Waals surface area contributed by atoms with Crippen LogP contribution in [0.2, 0.25) is 5.02 Å². The van der Waals surface area contributed by atoms with E-state index in [1.165, 1.54) is 0 Å². The molecule has 130 valence electrons. The van der Waals surface area contributed by atoms with Gasteiger partial charge >= 0.3 is 0 Å². The first kappa shape index (κ1) is 17.5. The van der Waals surface area contributed by atoms with Gasteiger partial charge in [0.15, 0.2) is 5.58 Å². The predicted molar refractivity (Wildman–Crippen MR) is 102 cm³/mol. The highest BCUT2D eigenvalue weighted by Crippen LogP contribution is 2.32. The summed E-state index contributed by atoms with van der Waals surface area (Å²) in [5, 5.41) is 3.35. The van der Waals surface area contributed by atoms with Crippen molar-refractivity contribution in [2.45, 2.75) is 34.6 Å². The number of aryl methyl sites for hydroxylation is 2. The van der Waals surface area contributed by atoms with Crippen LogP contribution in [0.15, 0.2) is 34.7 Å². The van der Waals surface area contributed by atoms with Crippen molar-refractivity contribution < 1.29 is 9.21 Å². The number of carbonyl (C=O) groups excluding carboxylic acids is 1. The van der Waals surface area contributed by atoms with Crippen LogP contribution in [0.5, 0.6) is 0 Å². The normalized spacial score (nSPS) is 11.8. The monoisotopic (exact) mass is 356 g/mol. The zero-order valence-corrected chi connectivity index (χ0v) is 15.8. The lowest BCUT2D eigenvalue weighted by Gasteiger charge is -2.18. The minimum atomic E-state index is -0.508. The summed E-state index contributed by atoms with van der Waals surface area (Å²) in [7, 11) is 0. The van der Waals surface area contributed by atoms with Crippen LogP contribution < -0.4 is 5.32 Å². The van der Waals surface area contributed by atoms with Crippen molar-refractivity contribution in [2.75, 3.05) is 5.32 Å². The molecule has 0 atom stereocenters. The molecular weight excluding hydrogens is 336 g/mol. The van der Waals surface area contributed by atoms with Crippen LogP contribution in [-0.2, 0) is 4.79 Å². The lowest BCUT2D eigenvalue weighted by Crippen LogP contribution is -2.27. The Morgan fingerprint density at radius 3 is 2.56 bits per heavy atom. The number of nitrogens with zero attached hydrogens (tertiary/aromatic N) is 1. The van der Waals surface area contributed by atoms with Gasteiger partial charge in [0.05, 0.1) is 10.7 Å². The summed E-state index contributed by atoms with van der Waals surface area (Å²) >= 11 is 6.24. The van der Waals surface area contributed by atoms with Crippen molar-refractivity contribution in [3.8, 4) is 11.5 Å². The molecule has 0 saturated carbocycles. The van der Waals surface area contributed by atoms with E-state index in [0.717, 1.165) is 27.8 Å². The van der Waals surface area contributed by atoms with Crippen LogP contribution in [0.4, 0.5) is 5.69 Å². The van der Waals surface area contributed by atoms with Gasteiger partial charge in [-0.2, -0.15) is 0 Å². The van der Waals surface area contributed by atoms with E-state index in [-0.39, 0.29) is 5.91 Å². The Balaban J connectivity index is 2.02. The SMILES string of the molecule is Cc1cc(C)c2oc(-c3ccc(Cl)c(NC(=O)C(C)(C)C)c3)nc2c1. The molecule has 0 bridgehead atoms. The number of carbonyl (C=O) groups is 1. The molecule has 4 nitrogen and oxygen atoms in total. The van der Waals surface area contributed by atoms with Crippen LogP contribution in [-0.4, -0.2) is 10.9 Å². The Bertz CT molecular complexity index is 968. The third-order valence-corrected chi connectivity index (χ3v) is 4.29. The van der Waals surface area contributed by atoms with E-state index >= 15 is 0 Å². The maximum Gasteiger partial charge on any atom is 0.229 e. The van der Waals surface area contributed by atoms with Crippen molar-refractivity contribution in [1.29, 1.82) is 0 Å². The summed E-state index contributed by atoms with van der Waals surface area (Å²) in [6.07, 6.45) is 0. The van der Waals surface area contributed by atoms with Crippen LogP contribution >= 0.6 is 11.6 Å². The molecule has 0 fully saturated rings. The Kier molecular flexibility index (Phi) is 4.33. The topological polar surface area (TPSA) is 55.1 Å². The van der Waals surface area contributed by atoms with E-state index in [9.17, 15) is 4.79 Å². The fraction of sp³-hybridized carbons (Fsp3) is 0.300. The average Bonchev–Trinajstić information content (AvgIpc) is 2.92. The van der Waals surface area contributed by atoms with E-state index in [4.69, 9.17) is 16.0 Å². The molecule has 3 aromatic rings. The predicted octanol–water partition coefficient (Wildman–Crippen LogP) is 5.75. The van der Waals surface area contributed by atoms with Crippen molar-refractivity contribution in [1.82, 2.24) is 4.98 Å². The summed E-state index contributed by atoms with van der Waals surface area (Å²) in [6.45, 7) is 9.59. The van der Waals surface area contributed by atoms with E-state index in [2.05, 4.69) is 16.4 Å². The van der Waals surface area contributed by atoms with Crippen molar-refractivity contribution in [2.24, 2.45) is 5.41 Å². The molecule has 25 heavy (non-hydrogen) atoms. The molecule has 3 rings (SSSR count). The number of fused-ring (bicyclic) bond motifs is 1. The standard InChI is InChI=1S/C20H21ClN2O2/c1-11-8-12(2)17-16(9-11)22-18(25-17)13-6-7-14(21)15(10-13)23-19(24)20(3,4)5/h6-10H,1-5H3,(H,23,24). The highest BCUT2D eigenvalue weighted by molar-refractivity contribution is 6.33. The second-order valence-electron chi connectivity index (χ2n) is 7.35. The Morgan fingerprint density at radius 2 is 1.88 bits per heavy atom. The first-order valence-corrected chi connectivity index (χ1v) is 8.52. The third-order valence-electron chi connectivity index (χ3n) is 3.96. The fourth-order valence-electron chi connectivity index (χ4n) is 2.56. The van der Waals surface area contributed by atoms with Crippen LogP contribution in [0.25, 0.3) is 22.6 Å². The van der Waals surface area contributed by atoms with Gasteiger partial charge < -0.3 is 9.73 Å². The molecule has 1 N–H and O–H groups in total. The van der Waals surface area contributed by atoms with Gasteiger partial charge in [0.2, 0.25) is 11.8 Å². The highest BCUT2D eigenvalue weighted by Gasteiger charge is 2.22. The van der Waals surface area contributed by atoms with Crippen molar-refractivity contribution in [3.05, 3.63) is 46.5 Å². The van der Waals surface area contributed by atoms with Gasteiger partial charge in [-0.05, 0) is 49.2 Å². The van der Waals surface area contributed by atoms with E-state index in [1.807, 2.05) is 46.8 Å². The number of aromatic nitrogens is 1. The number of benzene rings is 2. The minimum Gasteiger partial charge on any atom is -0.436 e. The Morgan fingerprint density at radius 1 is 1.16 bits per heavy atom. The van der Waals surface area contributed by atoms with Gasteiger partial charge in [-0.15, -0.1) is 0 Å². The number of oxazole rings is 1. The molecule has 0 saturated heterocycles. The quantitative estimate of drug-likeness (QED) is 0.636. The lowest BCUT2D eigenvalue weighted by atomic mass is 9.95. The van der Waals surface area contributed by atoms with E-state index in [0.29, 0.717) is 16.6 Å². The zero-order valence-electron chi connectivity index (χ0n) is 15.0. The molecule has 0 unspecified atom stereocenters. The average molecular weight is 357 g/mol. The van der Waals surface area contributed by atoms with Gasteiger partial charge in [0.25, 0.3) is 0 Å². The maximum absolute atomic E-state index is 12.2. The molecule has 5 heteroatoms. The number of hydrogen-bond donors (Lipinski definition) is 1. The number of amides is 1. The Hall–Kier alpha value is -2.33. The largest absolute Gasteiger partial charge is 0.436 e. The van der Waals surface area contributed by atoms with Crippen LogP contribution in [0, 0.1) is 19.3 Å². The molecule has 1 heterocycles. The summed E-state index contributed by atoms with van der Waals surface area (Å²) in [5.41, 5.74) is 4.59. The molecule has 0 aliphatic rings. The molecule has 1 aromatic heterocycles. The second-order valence-corrected chi connectivity index (χ2v) is 7.76. The van der Waals surface area contributed by atoms with Gasteiger partial charge in [-0.3, -0.25) is 4.79 Å². The number of nitrogens with one attached hydrogen (secondary N) is 1. The Labute approximate surface area is 152 Å². The van der Waals surface area contributed by atoms with Gasteiger partial charge in [0, 0.05) is 11.0 Å². The summed E-state index contributed by atoms with van der Waals surface area (Å²) in [6, 6.07) is 9.42. The smallest absolute Gasteiger partial charge is 0.229 e. The van der Waals surface area contributed by atoms with Crippen molar-refractivity contribution in [3.63, 3.8) is 0 Å². The van der Waals surface area contributed by atoms with Crippen molar-refractivity contribution >= 4 is 34.3 Å². The fourth-order valence-corrected chi connectivity index (χ4v) is 2.73. The number of rotatable bonds is 2. The first-order valence-electron chi connectivity index (χ1n) is 8.14. The van der Waals surface area contributed by atoms with Crippen LogP contribution in [0.1, 0.15) is 31.9 Å². The lowest BCUT2D eigenvalue weighted by molar-refractivity contribution is -0.123. The molecule has 0 radical (unpaired) electrons. The summed E-state index contributed by atoms with van der Waals surface area (Å²) in [5.74, 6) is 0.405. The summed E-state index contributed by atoms with van der Waals surface area (Å²) in [4.78, 5) is 16.8. The minimum absolute atomic E-state index is 0.101. The molecule has 1 amide bonds. The molecule has 2 aromatic carbocycles. The molecular formula is C20H21ClN2O2. The second kappa shape index (κ2) is 6.19.